The summed E-state index contributed by atoms with van der Waals surface area (Å²) in [4.78, 5) is 0. The lowest BCUT2D eigenvalue weighted by atomic mass is 9.53. The van der Waals surface area contributed by atoms with E-state index in [1.165, 1.54) is 32.4 Å². The summed E-state index contributed by atoms with van der Waals surface area (Å²) in [6.45, 7) is 4.67. The Morgan fingerprint density at radius 2 is 1.41 bits per heavy atom. The molecule has 4 saturated carbocycles. The first kappa shape index (κ1) is 10.8. The van der Waals surface area contributed by atoms with E-state index in [0.29, 0.717) is 5.54 Å². The van der Waals surface area contributed by atoms with E-state index in [9.17, 15) is 0 Å². The molecule has 0 aromatic rings. The van der Waals surface area contributed by atoms with Crippen molar-refractivity contribution in [1.82, 2.24) is 15.8 Å². The minimum absolute atomic E-state index is 0.506. The minimum atomic E-state index is 0.506. The molecule has 0 aromatic heterocycles. The van der Waals surface area contributed by atoms with Crippen molar-refractivity contribution in [3.8, 4) is 0 Å². The third kappa shape index (κ3) is 1.92. The summed E-state index contributed by atoms with van der Waals surface area (Å²) in [5.74, 6) is 3.16. The Hall–Kier alpha value is -0.120. The number of piperazine rings is 1. The Labute approximate surface area is 104 Å². The summed E-state index contributed by atoms with van der Waals surface area (Å²) in [5.41, 5.74) is 4.46. The molecule has 1 saturated heterocycles. The Bertz CT molecular complexity index is 261. The molecule has 0 radical (unpaired) electrons. The van der Waals surface area contributed by atoms with E-state index < -0.39 is 0 Å². The molecule has 4 aliphatic carbocycles. The Balaban J connectivity index is 1.48. The van der Waals surface area contributed by atoms with Crippen molar-refractivity contribution in [3.05, 3.63) is 0 Å². The van der Waals surface area contributed by atoms with Crippen LogP contribution in [0.25, 0.3) is 0 Å². The van der Waals surface area contributed by atoms with E-state index in [4.69, 9.17) is 0 Å². The summed E-state index contributed by atoms with van der Waals surface area (Å²) >= 11 is 0. The molecule has 3 heteroatoms. The van der Waals surface area contributed by atoms with Crippen molar-refractivity contribution in [3.63, 3.8) is 0 Å². The molecule has 2 N–H and O–H groups in total. The maximum Gasteiger partial charge on any atom is 0.0334 e. The summed E-state index contributed by atoms with van der Waals surface area (Å²) < 4.78 is 0. The van der Waals surface area contributed by atoms with Crippen molar-refractivity contribution in [2.45, 2.75) is 44.1 Å². The van der Waals surface area contributed by atoms with Gasteiger partial charge in [0.1, 0.15) is 0 Å². The molecule has 5 aliphatic rings. The third-order valence-corrected chi connectivity index (χ3v) is 5.55. The number of hydrazine groups is 1. The molecule has 4 bridgehead atoms. The molecule has 0 atom stereocenters. The fourth-order valence-electron chi connectivity index (χ4n) is 5.36. The molecule has 96 valence electrons. The van der Waals surface area contributed by atoms with Gasteiger partial charge < -0.3 is 5.32 Å². The van der Waals surface area contributed by atoms with Crippen molar-refractivity contribution < 1.29 is 0 Å². The second-order valence-corrected chi connectivity index (χ2v) is 7.05. The van der Waals surface area contributed by atoms with Crippen LogP contribution in [0.2, 0.25) is 0 Å². The molecule has 1 aliphatic heterocycles. The van der Waals surface area contributed by atoms with Crippen LogP contribution >= 0.6 is 0 Å². The zero-order valence-corrected chi connectivity index (χ0v) is 10.8. The van der Waals surface area contributed by atoms with Crippen LogP contribution in [-0.4, -0.2) is 36.7 Å². The fourth-order valence-corrected chi connectivity index (χ4v) is 5.36. The van der Waals surface area contributed by atoms with E-state index in [0.717, 1.165) is 30.8 Å². The number of nitrogens with zero attached hydrogens (tertiary/aromatic N) is 1. The van der Waals surface area contributed by atoms with Crippen molar-refractivity contribution in [2.75, 3.05) is 26.2 Å². The SMILES string of the molecule is C1CN(NC23CC4CC(CC(C4)C2)C3)CCN1. The van der Waals surface area contributed by atoms with Crippen LogP contribution in [-0.2, 0) is 0 Å². The third-order valence-electron chi connectivity index (χ3n) is 5.55. The van der Waals surface area contributed by atoms with Gasteiger partial charge in [0.05, 0.1) is 0 Å². The average molecular weight is 235 g/mol. The first-order valence-corrected chi connectivity index (χ1v) is 7.55. The summed E-state index contributed by atoms with van der Waals surface area (Å²) in [6.07, 6.45) is 9.02. The monoisotopic (exact) mass is 235 g/mol. The number of hydrogen-bond acceptors (Lipinski definition) is 3. The quantitative estimate of drug-likeness (QED) is 0.757. The highest BCUT2D eigenvalue weighted by Crippen LogP contribution is 2.55. The van der Waals surface area contributed by atoms with Crippen molar-refractivity contribution in [2.24, 2.45) is 17.8 Å². The summed E-state index contributed by atoms with van der Waals surface area (Å²) in [7, 11) is 0. The maximum atomic E-state index is 3.96. The highest BCUT2D eigenvalue weighted by molar-refractivity contribution is 5.06. The molecule has 5 rings (SSSR count). The lowest BCUT2D eigenvalue weighted by molar-refractivity contribution is -0.0609. The topological polar surface area (TPSA) is 27.3 Å². The van der Waals surface area contributed by atoms with E-state index in [1.54, 1.807) is 19.3 Å². The van der Waals surface area contributed by atoms with E-state index >= 15 is 0 Å². The summed E-state index contributed by atoms with van der Waals surface area (Å²) in [6, 6.07) is 0. The smallest absolute Gasteiger partial charge is 0.0334 e. The van der Waals surface area contributed by atoms with Crippen LogP contribution in [0.4, 0.5) is 0 Å². The molecule has 17 heavy (non-hydrogen) atoms. The lowest BCUT2D eigenvalue weighted by Crippen LogP contribution is -2.65. The second kappa shape index (κ2) is 3.94. The van der Waals surface area contributed by atoms with Crippen LogP contribution in [0, 0.1) is 17.8 Å². The highest BCUT2D eigenvalue weighted by Gasteiger charge is 2.51. The zero-order valence-electron chi connectivity index (χ0n) is 10.8. The van der Waals surface area contributed by atoms with Gasteiger partial charge >= 0.3 is 0 Å². The number of rotatable bonds is 2. The zero-order chi connectivity index (χ0) is 11.3. The van der Waals surface area contributed by atoms with Gasteiger partial charge in [-0.15, -0.1) is 0 Å². The van der Waals surface area contributed by atoms with Crippen LogP contribution in [0.15, 0.2) is 0 Å². The molecule has 1 heterocycles. The van der Waals surface area contributed by atoms with E-state index in [1.807, 2.05) is 0 Å². The Kier molecular flexibility index (Phi) is 2.50. The molecule has 5 fully saturated rings. The first-order valence-electron chi connectivity index (χ1n) is 7.55. The van der Waals surface area contributed by atoms with Gasteiger partial charge in [-0.3, -0.25) is 0 Å². The molecule has 0 aromatic carbocycles. The highest BCUT2D eigenvalue weighted by atomic mass is 15.5. The van der Waals surface area contributed by atoms with Gasteiger partial charge in [-0.05, 0) is 56.3 Å². The van der Waals surface area contributed by atoms with Gasteiger partial charge in [0.15, 0.2) is 0 Å². The van der Waals surface area contributed by atoms with Crippen molar-refractivity contribution >= 4 is 0 Å². The van der Waals surface area contributed by atoms with E-state index in [2.05, 4.69) is 15.8 Å². The van der Waals surface area contributed by atoms with Crippen LogP contribution in [0.1, 0.15) is 38.5 Å². The predicted octanol–water partition coefficient (Wildman–Crippen LogP) is 1.36. The maximum absolute atomic E-state index is 3.96. The minimum Gasteiger partial charge on any atom is -0.314 e. The predicted molar refractivity (Wildman–Crippen MR) is 68.5 cm³/mol. The molecule has 0 spiro atoms. The molecule has 3 nitrogen and oxygen atoms in total. The lowest BCUT2D eigenvalue weighted by Gasteiger charge is -2.58. The van der Waals surface area contributed by atoms with Gasteiger partial charge in [-0.25, -0.2) is 10.4 Å². The summed E-state index contributed by atoms with van der Waals surface area (Å²) in [5, 5.41) is 5.94. The molecule has 0 amide bonds. The van der Waals surface area contributed by atoms with Crippen molar-refractivity contribution in [1.29, 1.82) is 0 Å². The molecular weight excluding hydrogens is 210 g/mol. The van der Waals surface area contributed by atoms with Gasteiger partial charge in [0, 0.05) is 31.7 Å². The van der Waals surface area contributed by atoms with Gasteiger partial charge in [0.2, 0.25) is 0 Å². The van der Waals surface area contributed by atoms with E-state index in [-0.39, 0.29) is 0 Å². The van der Waals surface area contributed by atoms with Gasteiger partial charge in [-0.1, -0.05) is 0 Å². The Morgan fingerprint density at radius 3 is 1.94 bits per heavy atom. The second-order valence-electron chi connectivity index (χ2n) is 7.05. The first-order chi connectivity index (χ1) is 8.31. The number of hydrogen-bond donors (Lipinski definition) is 2. The van der Waals surface area contributed by atoms with Crippen LogP contribution in [0.5, 0.6) is 0 Å². The standard InChI is InChI=1S/C14H25N3/c1-3-17(4-2-15-1)16-14-8-11-5-12(9-14)7-13(6-11)10-14/h11-13,15-16H,1-10H2. The Morgan fingerprint density at radius 1 is 0.882 bits per heavy atom. The fraction of sp³-hybridized carbons (Fsp3) is 1.00. The average Bonchev–Trinajstić information content (AvgIpc) is 2.27. The molecule has 0 unspecified atom stereocenters. The van der Waals surface area contributed by atoms with Gasteiger partial charge in [-0.2, -0.15) is 0 Å². The molecular formula is C14H25N3. The normalized spacial score (nSPS) is 49.8. The van der Waals surface area contributed by atoms with Crippen LogP contribution < -0.4 is 10.7 Å². The van der Waals surface area contributed by atoms with Gasteiger partial charge in [0.25, 0.3) is 0 Å². The van der Waals surface area contributed by atoms with Crippen LogP contribution in [0.3, 0.4) is 0 Å². The largest absolute Gasteiger partial charge is 0.314 e. The number of nitrogens with one attached hydrogen (secondary N) is 2.